The molecular weight excluding hydrogens is 286 g/mol. The molecule has 2 aromatic rings. The van der Waals surface area contributed by atoms with Gasteiger partial charge in [-0.05, 0) is 53.6 Å². The molecule has 0 saturated heterocycles. The van der Waals surface area contributed by atoms with Crippen molar-refractivity contribution in [3.63, 3.8) is 0 Å². The fourth-order valence-corrected chi connectivity index (χ4v) is 3.60. The average Bonchev–Trinajstić information content (AvgIpc) is 3.04. The molecule has 0 bridgehead atoms. The van der Waals surface area contributed by atoms with Crippen LogP contribution >= 0.6 is 11.3 Å². The Kier molecular flexibility index (Phi) is 4.28. The van der Waals surface area contributed by atoms with Crippen molar-refractivity contribution >= 4 is 17.2 Å². The minimum atomic E-state index is -0.216. The first-order chi connectivity index (χ1) is 10.3. The predicted molar refractivity (Wildman–Crippen MR) is 80.2 cm³/mol. The Hall–Kier alpha value is -1.76. The molecule has 0 unspecified atom stereocenters. The summed E-state index contributed by atoms with van der Waals surface area (Å²) in [6, 6.07) is 2.11. The number of fused-ring (bicyclic) bond motifs is 1. The van der Waals surface area contributed by atoms with E-state index < -0.39 is 0 Å². The number of hydrogen-bond acceptors (Lipinski definition) is 5. The minimum absolute atomic E-state index is 0.0437. The van der Waals surface area contributed by atoms with Gasteiger partial charge in [0, 0.05) is 18.0 Å². The van der Waals surface area contributed by atoms with Crippen LogP contribution < -0.4 is 5.32 Å². The molecule has 0 aliphatic carbocycles. The van der Waals surface area contributed by atoms with Gasteiger partial charge in [0.05, 0.1) is 5.92 Å². The van der Waals surface area contributed by atoms with E-state index in [1.807, 2.05) is 0 Å². The highest BCUT2D eigenvalue weighted by Crippen LogP contribution is 2.24. The van der Waals surface area contributed by atoms with Crippen LogP contribution in [0.5, 0.6) is 0 Å². The van der Waals surface area contributed by atoms with Crippen molar-refractivity contribution in [1.29, 1.82) is 0 Å². The first kappa shape index (κ1) is 14.2. The number of rotatable bonds is 4. The quantitative estimate of drug-likeness (QED) is 0.932. The number of tetrazole rings is 1. The van der Waals surface area contributed by atoms with Gasteiger partial charge < -0.3 is 5.32 Å². The number of carbonyl (C=O) groups is 1. The van der Waals surface area contributed by atoms with Gasteiger partial charge in [-0.25, -0.2) is 4.68 Å². The van der Waals surface area contributed by atoms with Crippen LogP contribution in [0.4, 0.5) is 0 Å². The zero-order chi connectivity index (χ0) is 14.7. The molecule has 7 heteroatoms. The summed E-state index contributed by atoms with van der Waals surface area (Å²) < 4.78 is 1.76. The van der Waals surface area contributed by atoms with Crippen molar-refractivity contribution in [3.05, 3.63) is 27.7 Å². The van der Waals surface area contributed by atoms with Crippen molar-refractivity contribution < 1.29 is 4.79 Å². The molecule has 1 amide bonds. The maximum Gasteiger partial charge on any atom is 0.230 e. The van der Waals surface area contributed by atoms with Crippen molar-refractivity contribution in [3.8, 4) is 0 Å². The van der Waals surface area contributed by atoms with Crippen LogP contribution in [0.15, 0.2) is 11.4 Å². The van der Waals surface area contributed by atoms with E-state index in [1.54, 1.807) is 16.0 Å². The number of aromatic nitrogens is 4. The number of thiophene rings is 1. The molecule has 6 nitrogen and oxygen atoms in total. The molecule has 0 saturated carbocycles. The van der Waals surface area contributed by atoms with Gasteiger partial charge in [0.1, 0.15) is 0 Å². The second-order valence-electron chi connectivity index (χ2n) is 5.38. The molecule has 0 aromatic carbocycles. The van der Waals surface area contributed by atoms with Crippen LogP contribution in [0.2, 0.25) is 0 Å². The number of nitrogens with zero attached hydrogens (tertiary/aromatic N) is 4. The summed E-state index contributed by atoms with van der Waals surface area (Å²) in [6.45, 7) is 3.58. The molecule has 1 atom stereocenters. The van der Waals surface area contributed by atoms with E-state index in [-0.39, 0.29) is 11.8 Å². The van der Waals surface area contributed by atoms with Crippen LogP contribution in [-0.4, -0.2) is 32.7 Å². The number of nitrogens with one attached hydrogen (secondary N) is 1. The van der Waals surface area contributed by atoms with Gasteiger partial charge in [0.25, 0.3) is 0 Å². The highest BCUT2D eigenvalue weighted by atomic mass is 32.1. The molecule has 3 rings (SSSR count). The third-order valence-electron chi connectivity index (χ3n) is 3.92. The normalized spacial score (nSPS) is 18.0. The van der Waals surface area contributed by atoms with E-state index >= 15 is 0 Å². The summed E-state index contributed by atoms with van der Waals surface area (Å²) in [5.41, 5.74) is 1.30. The van der Waals surface area contributed by atoms with Crippen molar-refractivity contribution in [2.24, 2.45) is 0 Å². The summed E-state index contributed by atoms with van der Waals surface area (Å²) >= 11 is 1.74. The van der Waals surface area contributed by atoms with Gasteiger partial charge in [-0.3, -0.25) is 4.79 Å². The van der Waals surface area contributed by atoms with Crippen LogP contribution in [0.3, 0.4) is 0 Å². The van der Waals surface area contributed by atoms with Gasteiger partial charge in [-0.2, -0.15) is 0 Å². The summed E-state index contributed by atoms with van der Waals surface area (Å²) in [4.78, 5) is 13.7. The highest BCUT2D eigenvalue weighted by Gasteiger charge is 2.28. The fourth-order valence-electron chi connectivity index (χ4n) is 2.69. The number of amides is 1. The summed E-state index contributed by atoms with van der Waals surface area (Å²) in [5, 5.41) is 16.8. The molecule has 3 heterocycles. The third-order valence-corrected chi connectivity index (χ3v) is 5.00. The maximum absolute atomic E-state index is 12.4. The molecule has 2 aromatic heterocycles. The molecule has 21 heavy (non-hydrogen) atoms. The Morgan fingerprint density at radius 3 is 3.24 bits per heavy atom. The summed E-state index contributed by atoms with van der Waals surface area (Å²) in [5.74, 6) is 0.534. The molecule has 0 radical (unpaired) electrons. The van der Waals surface area contributed by atoms with Crippen LogP contribution in [0.25, 0.3) is 0 Å². The zero-order valence-electron chi connectivity index (χ0n) is 12.1. The van der Waals surface area contributed by atoms with E-state index in [1.165, 1.54) is 10.4 Å². The van der Waals surface area contributed by atoms with E-state index in [2.05, 4.69) is 39.2 Å². The van der Waals surface area contributed by atoms with E-state index in [9.17, 15) is 4.79 Å². The van der Waals surface area contributed by atoms with E-state index in [4.69, 9.17) is 0 Å². The first-order valence-corrected chi connectivity index (χ1v) is 8.20. The second kappa shape index (κ2) is 6.34. The smallest absolute Gasteiger partial charge is 0.230 e. The Labute approximate surface area is 127 Å². The van der Waals surface area contributed by atoms with Crippen molar-refractivity contribution in [2.75, 3.05) is 6.54 Å². The SMILES string of the molecule is Cc1ccsc1CCNC(=O)[C@@H]1CCCCn2nnnc21. The summed E-state index contributed by atoms with van der Waals surface area (Å²) in [7, 11) is 0. The van der Waals surface area contributed by atoms with Gasteiger partial charge in [-0.1, -0.05) is 6.42 Å². The topological polar surface area (TPSA) is 72.7 Å². The Morgan fingerprint density at radius 2 is 2.43 bits per heavy atom. The lowest BCUT2D eigenvalue weighted by molar-refractivity contribution is -0.122. The third kappa shape index (κ3) is 3.12. The average molecular weight is 305 g/mol. The zero-order valence-corrected chi connectivity index (χ0v) is 12.9. The van der Waals surface area contributed by atoms with Gasteiger partial charge in [-0.15, -0.1) is 16.4 Å². The van der Waals surface area contributed by atoms with Gasteiger partial charge in [0.15, 0.2) is 5.82 Å². The van der Waals surface area contributed by atoms with Crippen molar-refractivity contribution in [2.45, 2.75) is 45.1 Å². The lowest BCUT2D eigenvalue weighted by Gasteiger charge is -2.13. The molecule has 1 aliphatic rings. The Balaban J connectivity index is 1.59. The van der Waals surface area contributed by atoms with Crippen LogP contribution in [0, 0.1) is 6.92 Å². The molecule has 1 N–H and O–H groups in total. The number of aryl methyl sites for hydroxylation is 2. The minimum Gasteiger partial charge on any atom is -0.355 e. The Bertz CT molecular complexity index is 620. The number of hydrogen-bond donors (Lipinski definition) is 1. The predicted octanol–water partition coefficient (Wildman–Crippen LogP) is 1.67. The van der Waals surface area contributed by atoms with Gasteiger partial charge >= 0.3 is 0 Å². The lowest BCUT2D eigenvalue weighted by Crippen LogP contribution is -2.32. The second-order valence-corrected chi connectivity index (χ2v) is 6.38. The molecular formula is C14H19N5OS. The van der Waals surface area contributed by atoms with Crippen LogP contribution in [-0.2, 0) is 17.8 Å². The Morgan fingerprint density at radius 1 is 1.52 bits per heavy atom. The van der Waals surface area contributed by atoms with E-state index in [0.717, 1.165) is 32.2 Å². The fraction of sp³-hybridized carbons (Fsp3) is 0.571. The molecule has 0 spiro atoms. The standard InChI is InChI=1S/C14H19N5OS/c1-10-6-9-21-12(10)5-7-15-14(20)11-4-2-3-8-19-13(11)16-17-18-19/h6,9,11H,2-5,7-8H2,1H3,(H,15,20)/t11-/m1/s1. The molecule has 1 aliphatic heterocycles. The lowest BCUT2D eigenvalue weighted by atomic mass is 10.0. The maximum atomic E-state index is 12.4. The van der Waals surface area contributed by atoms with Crippen molar-refractivity contribution in [1.82, 2.24) is 25.5 Å². The largest absolute Gasteiger partial charge is 0.355 e. The summed E-state index contributed by atoms with van der Waals surface area (Å²) in [6.07, 6.45) is 3.75. The molecule has 0 fully saturated rings. The first-order valence-electron chi connectivity index (χ1n) is 7.32. The monoisotopic (exact) mass is 305 g/mol. The van der Waals surface area contributed by atoms with Crippen LogP contribution in [0.1, 0.15) is 41.4 Å². The highest BCUT2D eigenvalue weighted by molar-refractivity contribution is 7.10. The van der Waals surface area contributed by atoms with E-state index in [0.29, 0.717) is 12.4 Å². The van der Waals surface area contributed by atoms with Gasteiger partial charge in [0.2, 0.25) is 5.91 Å². The molecule has 112 valence electrons. The number of carbonyl (C=O) groups excluding carboxylic acids is 1.